The maximum absolute atomic E-state index is 9.45. The van der Waals surface area contributed by atoms with Crippen molar-refractivity contribution in [1.82, 2.24) is 0 Å². The van der Waals surface area contributed by atoms with E-state index in [0.29, 0.717) is 5.56 Å². The normalized spacial score (nSPS) is 10.9. The lowest BCUT2D eigenvalue weighted by Gasteiger charge is -2.30. The van der Waals surface area contributed by atoms with Crippen LogP contribution in [-0.2, 0) is 0 Å². The van der Waals surface area contributed by atoms with Gasteiger partial charge in [-0.1, -0.05) is 13.8 Å². The summed E-state index contributed by atoms with van der Waals surface area (Å²) >= 11 is 0. The average Bonchev–Trinajstić information content (AvgIpc) is 2.41. The third-order valence-corrected chi connectivity index (χ3v) is 3.52. The Bertz CT molecular complexity index is 366. The predicted octanol–water partition coefficient (Wildman–Crippen LogP) is 2.77. The number of hydrogen-bond donors (Lipinski definition) is 2. The molecule has 0 fully saturated rings. The highest BCUT2D eigenvalue weighted by Gasteiger charge is 2.24. The summed E-state index contributed by atoms with van der Waals surface area (Å²) in [7, 11) is 0. The van der Waals surface area contributed by atoms with Gasteiger partial charge in [-0.3, -0.25) is 0 Å². The molecule has 0 saturated heterocycles. The Kier molecular flexibility index (Phi) is 4.99. The van der Waals surface area contributed by atoms with E-state index in [1.54, 1.807) is 12.1 Å². The number of aliphatic hydroxyl groups is 1. The van der Waals surface area contributed by atoms with Gasteiger partial charge < -0.3 is 10.4 Å². The van der Waals surface area contributed by atoms with Crippen LogP contribution in [0.3, 0.4) is 0 Å². The summed E-state index contributed by atoms with van der Waals surface area (Å²) in [6.45, 7) is 5.14. The average molecular weight is 232 g/mol. The lowest BCUT2D eigenvalue weighted by Crippen LogP contribution is -2.32. The number of aliphatic hydroxyl groups excluding tert-OH is 1. The van der Waals surface area contributed by atoms with E-state index in [9.17, 15) is 5.11 Å². The molecule has 0 aliphatic carbocycles. The molecule has 0 radical (unpaired) electrons. The summed E-state index contributed by atoms with van der Waals surface area (Å²) in [5, 5.41) is 21.5. The van der Waals surface area contributed by atoms with Gasteiger partial charge in [-0.15, -0.1) is 0 Å². The molecule has 0 atom stereocenters. The lowest BCUT2D eigenvalue weighted by molar-refractivity contribution is 0.127. The van der Waals surface area contributed by atoms with Crippen LogP contribution in [0.15, 0.2) is 24.3 Å². The second-order valence-electron chi connectivity index (χ2n) is 4.41. The SMILES string of the molecule is CCC(CC)(CO)CNc1ccc(C#N)cc1. The Hall–Kier alpha value is -1.53. The van der Waals surface area contributed by atoms with E-state index >= 15 is 0 Å². The van der Waals surface area contributed by atoms with Crippen molar-refractivity contribution in [2.24, 2.45) is 5.41 Å². The number of benzene rings is 1. The topological polar surface area (TPSA) is 56.0 Å². The zero-order valence-corrected chi connectivity index (χ0v) is 10.5. The summed E-state index contributed by atoms with van der Waals surface area (Å²) in [6.07, 6.45) is 1.90. The van der Waals surface area contributed by atoms with E-state index < -0.39 is 0 Å². The Balaban J connectivity index is 2.63. The minimum atomic E-state index is -0.0477. The van der Waals surface area contributed by atoms with E-state index in [2.05, 4.69) is 25.2 Å². The van der Waals surface area contributed by atoms with Crippen molar-refractivity contribution in [3.63, 3.8) is 0 Å². The minimum absolute atomic E-state index is 0.0477. The van der Waals surface area contributed by atoms with Gasteiger partial charge in [0.15, 0.2) is 0 Å². The van der Waals surface area contributed by atoms with Crippen LogP contribution < -0.4 is 5.32 Å². The second-order valence-corrected chi connectivity index (χ2v) is 4.41. The number of rotatable bonds is 6. The zero-order valence-electron chi connectivity index (χ0n) is 10.5. The van der Waals surface area contributed by atoms with E-state index in [-0.39, 0.29) is 12.0 Å². The van der Waals surface area contributed by atoms with E-state index in [0.717, 1.165) is 25.1 Å². The van der Waals surface area contributed by atoms with Crippen molar-refractivity contribution in [3.8, 4) is 6.07 Å². The standard InChI is InChI=1S/C14H20N2O/c1-3-14(4-2,11-17)10-16-13-7-5-12(9-15)6-8-13/h5-8,16-17H,3-4,10-11H2,1-2H3. The number of anilines is 1. The van der Waals surface area contributed by atoms with Crippen molar-refractivity contribution in [2.45, 2.75) is 26.7 Å². The fourth-order valence-electron chi connectivity index (χ4n) is 1.73. The van der Waals surface area contributed by atoms with E-state index in [1.807, 2.05) is 12.1 Å². The molecular formula is C14H20N2O. The maximum atomic E-state index is 9.45. The van der Waals surface area contributed by atoms with Crippen LogP contribution >= 0.6 is 0 Å². The lowest BCUT2D eigenvalue weighted by atomic mass is 9.83. The monoisotopic (exact) mass is 232 g/mol. The van der Waals surface area contributed by atoms with Gasteiger partial charge in [0.2, 0.25) is 0 Å². The highest BCUT2D eigenvalue weighted by atomic mass is 16.3. The fourth-order valence-corrected chi connectivity index (χ4v) is 1.73. The predicted molar refractivity (Wildman–Crippen MR) is 69.7 cm³/mol. The fraction of sp³-hybridized carbons (Fsp3) is 0.500. The van der Waals surface area contributed by atoms with Gasteiger partial charge in [0.25, 0.3) is 0 Å². The van der Waals surface area contributed by atoms with Crippen LogP contribution in [0.1, 0.15) is 32.3 Å². The molecule has 3 nitrogen and oxygen atoms in total. The summed E-state index contributed by atoms with van der Waals surface area (Å²) in [5.41, 5.74) is 1.60. The van der Waals surface area contributed by atoms with Gasteiger partial charge in [0.05, 0.1) is 18.2 Å². The second kappa shape index (κ2) is 6.27. The molecule has 0 unspecified atom stereocenters. The van der Waals surface area contributed by atoms with Gasteiger partial charge in [0.1, 0.15) is 0 Å². The Labute approximate surface area is 103 Å². The highest BCUT2D eigenvalue weighted by Crippen LogP contribution is 2.26. The first-order valence-electron chi connectivity index (χ1n) is 6.04. The first-order chi connectivity index (χ1) is 8.19. The van der Waals surface area contributed by atoms with Gasteiger partial charge in [-0.2, -0.15) is 5.26 Å². The molecule has 17 heavy (non-hydrogen) atoms. The quantitative estimate of drug-likeness (QED) is 0.793. The maximum Gasteiger partial charge on any atom is 0.0991 e. The van der Waals surface area contributed by atoms with Crippen molar-refractivity contribution in [1.29, 1.82) is 5.26 Å². The molecule has 1 rings (SSSR count). The zero-order chi connectivity index (χ0) is 12.7. The van der Waals surface area contributed by atoms with Crippen molar-refractivity contribution >= 4 is 5.69 Å². The summed E-state index contributed by atoms with van der Waals surface area (Å²) < 4.78 is 0. The van der Waals surface area contributed by atoms with Crippen LogP contribution in [0, 0.1) is 16.7 Å². The third kappa shape index (κ3) is 3.47. The minimum Gasteiger partial charge on any atom is -0.396 e. The summed E-state index contributed by atoms with van der Waals surface area (Å²) in [5.74, 6) is 0. The van der Waals surface area contributed by atoms with Crippen LogP contribution in [0.2, 0.25) is 0 Å². The molecular weight excluding hydrogens is 212 g/mol. The van der Waals surface area contributed by atoms with Crippen LogP contribution in [0.4, 0.5) is 5.69 Å². The molecule has 0 aliphatic heterocycles. The third-order valence-electron chi connectivity index (χ3n) is 3.52. The molecule has 0 spiro atoms. The molecule has 0 aromatic heterocycles. The van der Waals surface area contributed by atoms with Gasteiger partial charge in [0, 0.05) is 17.6 Å². The Morgan fingerprint density at radius 1 is 1.24 bits per heavy atom. The molecule has 2 N–H and O–H groups in total. The van der Waals surface area contributed by atoms with Crippen molar-refractivity contribution in [2.75, 3.05) is 18.5 Å². The summed E-state index contributed by atoms with van der Waals surface area (Å²) in [6, 6.07) is 9.47. The molecule has 1 aromatic carbocycles. The molecule has 0 bridgehead atoms. The number of nitrogens with zero attached hydrogens (tertiary/aromatic N) is 1. The number of nitrogens with one attached hydrogen (secondary N) is 1. The van der Waals surface area contributed by atoms with Gasteiger partial charge in [-0.25, -0.2) is 0 Å². The molecule has 0 aliphatic rings. The molecule has 3 heteroatoms. The first-order valence-corrected chi connectivity index (χ1v) is 6.04. The number of nitriles is 1. The van der Waals surface area contributed by atoms with E-state index in [4.69, 9.17) is 5.26 Å². The first kappa shape index (κ1) is 13.5. The van der Waals surface area contributed by atoms with Gasteiger partial charge in [-0.05, 0) is 37.1 Å². The van der Waals surface area contributed by atoms with Crippen molar-refractivity contribution < 1.29 is 5.11 Å². The molecule has 0 amide bonds. The Morgan fingerprint density at radius 2 is 1.82 bits per heavy atom. The molecule has 1 aromatic rings. The van der Waals surface area contributed by atoms with Crippen LogP contribution in [0.25, 0.3) is 0 Å². The highest BCUT2D eigenvalue weighted by molar-refractivity contribution is 5.47. The molecule has 0 saturated carbocycles. The van der Waals surface area contributed by atoms with E-state index in [1.165, 1.54) is 0 Å². The largest absolute Gasteiger partial charge is 0.396 e. The smallest absolute Gasteiger partial charge is 0.0991 e. The molecule has 92 valence electrons. The Morgan fingerprint density at radius 3 is 2.24 bits per heavy atom. The molecule has 0 heterocycles. The summed E-state index contributed by atoms with van der Waals surface area (Å²) in [4.78, 5) is 0. The van der Waals surface area contributed by atoms with Crippen LogP contribution in [-0.4, -0.2) is 18.3 Å². The van der Waals surface area contributed by atoms with Crippen LogP contribution in [0.5, 0.6) is 0 Å². The number of hydrogen-bond acceptors (Lipinski definition) is 3. The van der Waals surface area contributed by atoms with Crippen molar-refractivity contribution in [3.05, 3.63) is 29.8 Å². The van der Waals surface area contributed by atoms with Gasteiger partial charge >= 0.3 is 0 Å².